The van der Waals surface area contributed by atoms with Gasteiger partial charge in [0.2, 0.25) is 0 Å². The monoisotopic (exact) mass is 225 g/mol. The van der Waals surface area contributed by atoms with Gasteiger partial charge in [-0.05, 0) is 19.1 Å². The number of para-hydroxylation sites is 1. The van der Waals surface area contributed by atoms with E-state index in [1.54, 1.807) is 0 Å². The molecule has 0 spiro atoms. The van der Waals surface area contributed by atoms with Gasteiger partial charge < -0.3 is 4.74 Å². The Balaban J connectivity index is 2.41. The molecule has 4 nitrogen and oxygen atoms in total. The highest BCUT2D eigenvalue weighted by molar-refractivity contribution is 5.63. The smallest absolute Gasteiger partial charge is 0.162 e. The Labute approximate surface area is 99.5 Å². The highest BCUT2D eigenvalue weighted by atomic mass is 16.5. The van der Waals surface area contributed by atoms with E-state index in [0.717, 1.165) is 11.3 Å². The van der Waals surface area contributed by atoms with E-state index >= 15 is 0 Å². The van der Waals surface area contributed by atoms with Gasteiger partial charge in [0.15, 0.2) is 5.82 Å². The lowest BCUT2D eigenvalue weighted by atomic mass is 10.2. The molecule has 0 saturated heterocycles. The molecule has 0 N–H and O–H groups in total. The summed E-state index contributed by atoms with van der Waals surface area (Å²) in [5, 5.41) is 8.68. The topological polar surface area (TPSA) is 58.8 Å². The number of benzene rings is 1. The van der Waals surface area contributed by atoms with Crippen LogP contribution in [0.25, 0.3) is 11.4 Å². The molecular formula is C13H11N3O. The van der Waals surface area contributed by atoms with Crippen LogP contribution in [0.4, 0.5) is 0 Å². The van der Waals surface area contributed by atoms with Gasteiger partial charge >= 0.3 is 0 Å². The molecule has 0 bridgehead atoms. The van der Waals surface area contributed by atoms with E-state index in [1.165, 1.54) is 12.4 Å². The van der Waals surface area contributed by atoms with Crippen molar-refractivity contribution in [3.05, 3.63) is 42.2 Å². The lowest BCUT2D eigenvalue weighted by molar-refractivity contribution is 0.341. The van der Waals surface area contributed by atoms with Gasteiger partial charge in [-0.1, -0.05) is 12.1 Å². The van der Waals surface area contributed by atoms with Crippen LogP contribution in [0.3, 0.4) is 0 Å². The van der Waals surface area contributed by atoms with Gasteiger partial charge in [0.25, 0.3) is 0 Å². The molecule has 2 aromatic rings. The standard InChI is InChI=1S/C13H11N3O/c1-2-17-12-6-4-3-5-11(12)13-15-8-10(7-14)9-16-13/h3-6,8-9H,2H2,1H3. The van der Waals surface area contributed by atoms with Crippen molar-refractivity contribution >= 4 is 0 Å². The highest BCUT2D eigenvalue weighted by Crippen LogP contribution is 2.26. The van der Waals surface area contributed by atoms with Crippen LogP contribution in [-0.2, 0) is 0 Å². The average molecular weight is 225 g/mol. The van der Waals surface area contributed by atoms with Crippen LogP contribution >= 0.6 is 0 Å². The lowest BCUT2D eigenvalue weighted by Gasteiger charge is -2.08. The summed E-state index contributed by atoms with van der Waals surface area (Å²) in [5.74, 6) is 1.31. The number of aromatic nitrogens is 2. The quantitative estimate of drug-likeness (QED) is 0.804. The molecule has 0 aliphatic rings. The number of rotatable bonds is 3. The Bertz CT molecular complexity index is 543. The van der Waals surface area contributed by atoms with Crippen molar-refractivity contribution in [3.63, 3.8) is 0 Å². The van der Waals surface area contributed by atoms with E-state index in [2.05, 4.69) is 9.97 Å². The van der Waals surface area contributed by atoms with Crippen molar-refractivity contribution in [1.29, 1.82) is 5.26 Å². The van der Waals surface area contributed by atoms with E-state index in [9.17, 15) is 0 Å². The minimum absolute atomic E-state index is 0.447. The van der Waals surface area contributed by atoms with Gasteiger partial charge in [0.1, 0.15) is 11.8 Å². The molecule has 1 heterocycles. The van der Waals surface area contributed by atoms with Gasteiger partial charge in [-0.15, -0.1) is 0 Å². The first-order chi connectivity index (χ1) is 8.35. The minimum atomic E-state index is 0.447. The summed E-state index contributed by atoms with van der Waals surface area (Å²) in [4.78, 5) is 8.30. The number of ether oxygens (including phenoxy) is 1. The summed E-state index contributed by atoms with van der Waals surface area (Å²) in [7, 11) is 0. The highest BCUT2D eigenvalue weighted by Gasteiger charge is 2.07. The van der Waals surface area contributed by atoms with Crippen LogP contribution in [0.5, 0.6) is 5.75 Å². The van der Waals surface area contributed by atoms with Gasteiger partial charge in [-0.2, -0.15) is 5.26 Å². The molecule has 0 unspecified atom stereocenters. The Hall–Kier alpha value is -2.41. The van der Waals surface area contributed by atoms with Crippen LogP contribution in [0.15, 0.2) is 36.7 Å². The van der Waals surface area contributed by atoms with Crippen molar-refractivity contribution < 1.29 is 4.74 Å². The summed E-state index contributed by atoms with van der Waals surface area (Å²) in [6.45, 7) is 2.52. The van der Waals surface area contributed by atoms with Gasteiger partial charge in [-0.25, -0.2) is 9.97 Å². The van der Waals surface area contributed by atoms with E-state index in [4.69, 9.17) is 10.00 Å². The Morgan fingerprint density at radius 3 is 2.59 bits per heavy atom. The Morgan fingerprint density at radius 2 is 1.94 bits per heavy atom. The van der Waals surface area contributed by atoms with Crippen LogP contribution in [-0.4, -0.2) is 16.6 Å². The Morgan fingerprint density at radius 1 is 1.24 bits per heavy atom. The minimum Gasteiger partial charge on any atom is -0.493 e. The second-order valence-electron chi connectivity index (χ2n) is 3.34. The van der Waals surface area contributed by atoms with Crippen LogP contribution < -0.4 is 4.74 Å². The maximum atomic E-state index is 8.68. The molecule has 0 radical (unpaired) electrons. The molecule has 1 aromatic carbocycles. The summed E-state index contributed by atoms with van der Waals surface area (Å²) >= 11 is 0. The second kappa shape index (κ2) is 5.08. The van der Waals surface area contributed by atoms with E-state index < -0.39 is 0 Å². The summed E-state index contributed by atoms with van der Waals surface area (Å²) in [6, 6.07) is 9.56. The van der Waals surface area contributed by atoms with Crippen LogP contribution in [0.1, 0.15) is 12.5 Å². The largest absolute Gasteiger partial charge is 0.493 e. The third-order valence-corrected chi connectivity index (χ3v) is 2.21. The molecular weight excluding hydrogens is 214 g/mol. The molecule has 0 amide bonds. The zero-order valence-electron chi connectivity index (χ0n) is 9.42. The zero-order valence-corrected chi connectivity index (χ0v) is 9.42. The van der Waals surface area contributed by atoms with Gasteiger partial charge in [0, 0.05) is 12.4 Å². The molecule has 0 fully saturated rings. The molecule has 1 aromatic heterocycles. The predicted octanol–water partition coefficient (Wildman–Crippen LogP) is 2.41. The molecule has 0 aliphatic carbocycles. The number of hydrogen-bond acceptors (Lipinski definition) is 4. The third kappa shape index (κ3) is 2.40. The van der Waals surface area contributed by atoms with Gasteiger partial charge in [-0.3, -0.25) is 0 Å². The van der Waals surface area contributed by atoms with E-state index in [-0.39, 0.29) is 0 Å². The van der Waals surface area contributed by atoms with Crippen molar-refractivity contribution in [3.8, 4) is 23.2 Å². The normalized spacial score (nSPS) is 9.65. The van der Waals surface area contributed by atoms with Crippen molar-refractivity contribution in [2.24, 2.45) is 0 Å². The first kappa shape index (κ1) is 11.1. The Kier molecular flexibility index (Phi) is 3.31. The predicted molar refractivity (Wildman–Crippen MR) is 63.4 cm³/mol. The maximum absolute atomic E-state index is 8.68. The molecule has 0 saturated carbocycles. The number of nitriles is 1. The maximum Gasteiger partial charge on any atom is 0.162 e. The fraction of sp³-hybridized carbons (Fsp3) is 0.154. The van der Waals surface area contributed by atoms with E-state index in [1.807, 2.05) is 37.3 Å². The first-order valence-electron chi connectivity index (χ1n) is 5.29. The van der Waals surface area contributed by atoms with Crippen LogP contribution in [0.2, 0.25) is 0 Å². The van der Waals surface area contributed by atoms with Crippen LogP contribution in [0, 0.1) is 11.3 Å². The van der Waals surface area contributed by atoms with Crippen molar-refractivity contribution in [2.45, 2.75) is 6.92 Å². The fourth-order valence-corrected chi connectivity index (χ4v) is 1.46. The molecule has 0 aliphatic heterocycles. The summed E-state index contributed by atoms with van der Waals surface area (Å²) in [6.07, 6.45) is 3.01. The number of nitrogens with zero attached hydrogens (tertiary/aromatic N) is 3. The van der Waals surface area contributed by atoms with Gasteiger partial charge in [0.05, 0.1) is 17.7 Å². The molecule has 17 heavy (non-hydrogen) atoms. The summed E-state index contributed by atoms with van der Waals surface area (Å²) in [5.41, 5.74) is 1.28. The molecule has 4 heteroatoms. The van der Waals surface area contributed by atoms with Crippen molar-refractivity contribution in [1.82, 2.24) is 9.97 Å². The molecule has 0 atom stereocenters. The first-order valence-corrected chi connectivity index (χ1v) is 5.29. The molecule has 84 valence electrons. The lowest BCUT2D eigenvalue weighted by Crippen LogP contribution is -1.96. The second-order valence-corrected chi connectivity index (χ2v) is 3.34. The van der Waals surface area contributed by atoms with E-state index in [0.29, 0.717) is 18.0 Å². The number of hydrogen-bond donors (Lipinski definition) is 0. The van der Waals surface area contributed by atoms with Crippen molar-refractivity contribution in [2.75, 3.05) is 6.61 Å². The molecule has 2 rings (SSSR count). The fourth-order valence-electron chi connectivity index (χ4n) is 1.46. The summed E-state index contributed by atoms with van der Waals surface area (Å²) < 4.78 is 5.50. The average Bonchev–Trinajstić information content (AvgIpc) is 2.40. The zero-order chi connectivity index (χ0) is 12.1. The SMILES string of the molecule is CCOc1ccccc1-c1ncc(C#N)cn1. The third-order valence-electron chi connectivity index (χ3n) is 2.21.